The Kier molecular flexibility index (Phi) is 10.4. The van der Waals surface area contributed by atoms with Crippen molar-refractivity contribution in [2.45, 2.75) is 25.8 Å². The molecule has 11 heteroatoms. The molecule has 0 aromatic rings. The molecule has 0 spiro atoms. The van der Waals surface area contributed by atoms with E-state index in [0.29, 0.717) is 38.6 Å². The predicted octanol–water partition coefficient (Wildman–Crippen LogP) is -0.183. The van der Waals surface area contributed by atoms with E-state index in [1.807, 2.05) is 6.92 Å². The van der Waals surface area contributed by atoms with Crippen LogP contribution in [0.5, 0.6) is 0 Å². The fourth-order valence-electron chi connectivity index (χ4n) is 2.60. The molecule has 2 heterocycles. The standard InChI is InChI=1S/C14H27N5O3S2.HI/c1-2-15-14(18-12-3-4-13(20)17-11-12)16-5-10-24(21,22)19-6-8-23-9-7-19;/h12H,2-11H2,1H3,(H,17,20)(H2,15,16,18);1H. The van der Waals surface area contributed by atoms with Crippen LogP contribution in [0.3, 0.4) is 0 Å². The molecule has 0 bridgehead atoms. The Labute approximate surface area is 171 Å². The summed E-state index contributed by atoms with van der Waals surface area (Å²) >= 11 is 1.79. The van der Waals surface area contributed by atoms with Crippen molar-refractivity contribution in [3.05, 3.63) is 0 Å². The SMILES string of the molecule is CCNC(=NCCS(=O)(=O)N1CCSCC1)NC1CCC(=O)NC1.I. The summed E-state index contributed by atoms with van der Waals surface area (Å²) < 4.78 is 26.2. The first-order valence-electron chi connectivity index (χ1n) is 8.38. The van der Waals surface area contributed by atoms with E-state index in [9.17, 15) is 13.2 Å². The third-order valence-corrected chi connectivity index (χ3v) is 6.73. The normalized spacial score (nSPS) is 22.7. The molecule has 2 rings (SSSR count). The third-order valence-electron chi connectivity index (χ3n) is 3.93. The molecule has 146 valence electrons. The summed E-state index contributed by atoms with van der Waals surface area (Å²) in [5.74, 6) is 2.42. The number of nitrogens with zero attached hydrogens (tertiary/aromatic N) is 2. The van der Waals surface area contributed by atoms with Crippen LogP contribution in [0.1, 0.15) is 19.8 Å². The Balaban J connectivity index is 0.00000312. The van der Waals surface area contributed by atoms with Gasteiger partial charge in [-0.3, -0.25) is 9.79 Å². The molecule has 2 fully saturated rings. The molecule has 0 aromatic carbocycles. The van der Waals surface area contributed by atoms with Gasteiger partial charge >= 0.3 is 0 Å². The highest BCUT2D eigenvalue weighted by molar-refractivity contribution is 14.0. The summed E-state index contributed by atoms with van der Waals surface area (Å²) in [6.45, 7) is 4.63. The van der Waals surface area contributed by atoms with Crippen molar-refractivity contribution in [3.63, 3.8) is 0 Å². The summed E-state index contributed by atoms with van der Waals surface area (Å²) in [5.41, 5.74) is 0. The van der Waals surface area contributed by atoms with Crippen molar-refractivity contribution in [2.75, 3.05) is 50.0 Å². The molecule has 8 nitrogen and oxygen atoms in total. The van der Waals surface area contributed by atoms with Crippen LogP contribution in [-0.4, -0.2) is 80.6 Å². The van der Waals surface area contributed by atoms with Gasteiger partial charge in [0.05, 0.1) is 12.3 Å². The maximum atomic E-state index is 12.3. The maximum Gasteiger partial charge on any atom is 0.220 e. The molecule has 2 aliphatic heterocycles. The van der Waals surface area contributed by atoms with Crippen molar-refractivity contribution < 1.29 is 13.2 Å². The zero-order chi connectivity index (χ0) is 17.4. The van der Waals surface area contributed by atoms with Gasteiger partial charge in [0.2, 0.25) is 15.9 Å². The number of carbonyl (C=O) groups excluding carboxylic acids is 1. The van der Waals surface area contributed by atoms with Crippen molar-refractivity contribution >= 4 is 57.6 Å². The molecule has 0 radical (unpaired) electrons. The highest BCUT2D eigenvalue weighted by Gasteiger charge is 2.24. The number of carbonyl (C=O) groups is 1. The number of piperidine rings is 1. The Hall–Kier alpha value is -0.270. The van der Waals surface area contributed by atoms with E-state index in [1.165, 1.54) is 0 Å². The van der Waals surface area contributed by atoms with Crippen molar-refractivity contribution in [3.8, 4) is 0 Å². The smallest absolute Gasteiger partial charge is 0.220 e. The average molecular weight is 505 g/mol. The first kappa shape index (κ1) is 22.8. The average Bonchev–Trinajstić information content (AvgIpc) is 2.58. The van der Waals surface area contributed by atoms with Crippen LogP contribution in [0.25, 0.3) is 0 Å². The number of thioether (sulfide) groups is 1. The molecular formula is C14H28IN5O3S2. The number of hydrogen-bond donors (Lipinski definition) is 3. The van der Waals surface area contributed by atoms with E-state index in [1.54, 1.807) is 16.1 Å². The summed E-state index contributed by atoms with van der Waals surface area (Å²) in [5, 5.41) is 9.19. The molecule has 1 atom stereocenters. The molecule has 1 unspecified atom stereocenters. The van der Waals surface area contributed by atoms with E-state index in [0.717, 1.165) is 17.9 Å². The zero-order valence-corrected chi connectivity index (χ0v) is 18.5. The van der Waals surface area contributed by atoms with Crippen LogP contribution in [0.15, 0.2) is 4.99 Å². The molecule has 1 amide bonds. The minimum Gasteiger partial charge on any atom is -0.357 e. The fourth-order valence-corrected chi connectivity index (χ4v) is 5.05. The van der Waals surface area contributed by atoms with Crippen LogP contribution in [0, 0.1) is 0 Å². The van der Waals surface area contributed by atoms with Crippen LogP contribution < -0.4 is 16.0 Å². The number of nitrogens with one attached hydrogen (secondary N) is 3. The van der Waals surface area contributed by atoms with Crippen LogP contribution in [0.4, 0.5) is 0 Å². The minimum absolute atomic E-state index is 0. The summed E-state index contributed by atoms with van der Waals surface area (Å²) in [7, 11) is -3.23. The molecule has 0 saturated carbocycles. The topological polar surface area (TPSA) is 103 Å². The summed E-state index contributed by atoms with van der Waals surface area (Å²) in [6, 6.07) is 0.122. The van der Waals surface area contributed by atoms with Crippen LogP contribution in [-0.2, 0) is 14.8 Å². The number of aliphatic imine (C=N–C) groups is 1. The third kappa shape index (κ3) is 7.87. The van der Waals surface area contributed by atoms with Crippen LogP contribution in [0.2, 0.25) is 0 Å². The van der Waals surface area contributed by atoms with E-state index < -0.39 is 10.0 Å². The number of rotatable bonds is 6. The molecule has 2 aliphatic rings. The largest absolute Gasteiger partial charge is 0.357 e. The Morgan fingerprint density at radius 2 is 2.12 bits per heavy atom. The number of amides is 1. The van der Waals surface area contributed by atoms with Gasteiger partial charge < -0.3 is 16.0 Å². The monoisotopic (exact) mass is 505 g/mol. The summed E-state index contributed by atoms with van der Waals surface area (Å²) in [4.78, 5) is 15.6. The van der Waals surface area contributed by atoms with Gasteiger partial charge in [-0.15, -0.1) is 24.0 Å². The lowest BCUT2D eigenvalue weighted by Gasteiger charge is -2.26. The van der Waals surface area contributed by atoms with Gasteiger partial charge in [0.1, 0.15) is 0 Å². The molecular weight excluding hydrogens is 477 g/mol. The van der Waals surface area contributed by atoms with Crippen LogP contribution >= 0.6 is 35.7 Å². The van der Waals surface area contributed by atoms with Crippen molar-refractivity contribution in [1.29, 1.82) is 0 Å². The molecule has 0 aromatic heterocycles. The van der Waals surface area contributed by atoms with E-state index in [-0.39, 0.29) is 48.2 Å². The molecule has 0 aliphatic carbocycles. The maximum absolute atomic E-state index is 12.3. The number of hydrogen-bond acceptors (Lipinski definition) is 5. The Bertz CT molecular complexity index is 543. The van der Waals surface area contributed by atoms with Gasteiger partial charge in [0.15, 0.2) is 5.96 Å². The minimum atomic E-state index is -3.23. The first-order chi connectivity index (χ1) is 11.5. The van der Waals surface area contributed by atoms with Gasteiger partial charge in [0, 0.05) is 50.1 Å². The van der Waals surface area contributed by atoms with E-state index in [4.69, 9.17) is 0 Å². The van der Waals surface area contributed by atoms with Crippen molar-refractivity contribution in [2.24, 2.45) is 4.99 Å². The van der Waals surface area contributed by atoms with Gasteiger partial charge in [-0.05, 0) is 13.3 Å². The Morgan fingerprint density at radius 1 is 1.40 bits per heavy atom. The number of guanidine groups is 1. The van der Waals surface area contributed by atoms with E-state index >= 15 is 0 Å². The lowest BCUT2D eigenvalue weighted by Crippen LogP contribution is -2.51. The molecule has 3 N–H and O–H groups in total. The quantitative estimate of drug-likeness (QED) is 0.263. The highest BCUT2D eigenvalue weighted by Crippen LogP contribution is 2.13. The highest BCUT2D eigenvalue weighted by atomic mass is 127. The second-order valence-electron chi connectivity index (χ2n) is 5.77. The van der Waals surface area contributed by atoms with E-state index in [2.05, 4.69) is 20.9 Å². The fraction of sp³-hybridized carbons (Fsp3) is 0.857. The van der Waals surface area contributed by atoms with Gasteiger partial charge in [-0.25, -0.2) is 12.7 Å². The van der Waals surface area contributed by atoms with Gasteiger partial charge in [-0.1, -0.05) is 0 Å². The first-order valence-corrected chi connectivity index (χ1v) is 11.1. The zero-order valence-electron chi connectivity index (χ0n) is 14.5. The van der Waals surface area contributed by atoms with Gasteiger partial charge in [0.25, 0.3) is 0 Å². The van der Waals surface area contributed by atoms with Gasteiger partial charge in [-0.2, -0.15) is 11.8 Å². The Morgan fingerprint density at radius 3 is 2.72 bits per heavy atom. The van der Waals surface area contributed by atoms with Crippen molar-refractivity contribution in [1.82, 2.24) is 20.3 Å². The molecule has 2 saturated heterocycles. The summed E-state index contributed by atoms with van der Waals surface area (Å²) in [6.07, 6.45) is 1.25. The lowest BCUT2D eigenvalue weighted by molar-refractivity contribution is -0.122. The number of sulfonamides is 1. The predicted molar refractivity (Wildman–Crippen MR) is 113 cm³/mol. The lowest BCUT2D eigenvalue weighted by atomic mass is 10.1. The second kappa shape index (κ2) is 11.4. The number of halogens is 1. The second-order valence-corrected chi connectivity index (χ2v) is 9.09. The molecule has 25 heavy (non-hydrogen) atoms.